The summed E-state index contributed by atoms with van der Waals surface area (Å²) in [5, 5.41) is 5.29. The number of likely N-dealkylation sites (N-methyl/N-ethyl adjacent to an activating group) is 1. The number of rotatable bonds is 6. The van der Waals surface area contributed by atoms with Gasteiger partial charge in [-0.3, -0.25) is 14.2 Å². The SMILES string of the molecule is CN(C)[C@@H](CNC(=O)Cn1cnc2sccc2c1=O)c1ccccc1. The van der Waals surface area contributed by atoms with Gasteiger partial charge in [-0.25, -0.2) is 4.98 Å². The van der Waals surface area contributed by atoms with Crippen LogP contribution in [0, 0.1) is 0 Å². The molecule has 0 saturated heterocycles. The van der Waals surface area contributed by atoms with Crippen molar-refractivity contribution < 1.29 is 4.79 Å². The van der Waals surface area contributed by atoms with Crippen molar-refractivity contribution in [3.8, 4) is 0 Å². The molecule has 0 bridgehead atoms. The number of nitrogens with one attached hydrogen (secondary N) is 1. The summed E-state index contributed by atoms with van der Waals surface area (Å²) < 4.78 is 1.34. The molecule has 0 spiro atoms. The van der Waals surface area contributed by atoms with Crippen LogP contribution < -0.4 is 10.9 Å². The molecule has 3 aromatic rings. The Labute approximate surface area is 149 Å². The average molecular weight is 356 g/mol. The molecule has 2 heterocycles. The highest BCUT2D eigenvalue weighted by Crippen LogP contribution is 2.16. The van der Waals surface area contributed by atoms with Crippen LogP contribution >= 0.6 is 11.3 Å². The summed E-state index contributed by atoms with van der Waals surface area (Å²) in [5.41, 5.74) is 0.944. The van der Waals surface area contributed by atoms with E-state index in [0.29, 0.717) is 16.8 Å². The summed E-state index contributed by atoms with van der Waals surface area (Å²) in [6, 6.07) is 11.8. The molecule has 1 atom stereocenters. The van der Waals surface area contributed by atoms with Crippen LogP contribution in [0.1, 0.15) is 11.6 Å². The summed E-state index contributed by atoms with van der Waals surface area (Å²) >= 11 is 1.41. The van der Waals surface area contributed by atoms with Crippen LogP contribution in [0.25, 0.3) is 10.2 Å². The van der Waals surface area contributed by atoms with E-state index in [2.05, 4.69) is 15.2 Å². The van der Waals surface area contributed by atoms with E-state index in [-0.39, 0.29) is 24.1 Å². The number of carbonyl (C=O) groups is 1. The predicted molar refractivity (Wildman–Crippen MR) is 99.8 cm³/mol. The molecular weight excluding hydrogens is 336 g/mol. The average Bonchev–Trinajstić information content (AvgIpc) is 3.08. The van der Waals surface area contributed by atoms with Gasteiger partial charge in [0.05, 0.1) is 17.8 Å². The number of nitrogens with zero attached hydrogens (tertiary/aromatic N) is 3. The van der Waals surface area contributed by atoms with Gasteiger partial charge in [0, 0.05) is 6.54 Å². The van der Waals surface area contributed by atoms with Gasteiger partial charge in [0.25, 0.3) is 5.56 Å². The molecule has 1 amide bonds. The molecule has 130 valence electrons. The first kappa shape index (κ1) is 17.3. The Bertz CT molecular complexity index is 917. The Hall–Kier alpha value is -2.51. The van der Waals surface area contributed by atoms with Crippen LogP contribution in [0.15, 0.2) is 52.9 Å². The molecule has 7 heteroatoms. The molecular formula is C18H20N4O2S. The number of hydrogen-bond donors (Lipinski definition) is 1. The number of benzene rings is 1. The molecule has 0 aliphatic rings. The topological polar surface area (TPSA) is 67.2 Å². The van der Waals surface area contributed by atoms with Gasteiger partial charge in [0.15, 0.2) is 0 Å². The zero-order valence-electron chi connectivity index (χ0n) is 14.2. The Morgan fingerprint density at radius 1 is 1.28 bits per heavy atom. The van der Waals surface area contributed by atoms with E-state index in [1.165, 1.54) is 22.2 Å². The molecule has 6 nitrogen and oxygen atoms in total. The summed E-state index contributed by atoms with van der Waals surface area (Å²) in [5.74, 6) is -0.207. The number of amides is 1. The van der Waals surface area contributed by atoms with Gasteiger partial charge in [-0.2, -0.15) is 0 Å². The van der Waals surface area contributed by atoms with Gasteiger partial charge in [-0.05, 0) is 31.1 Å². The van der Waals surface area contributed by atoms with Crippen molar-refractivity contribution in [3.05, 3.63) is 64.0 Å². The smallest absolute Gasteiger partial charge is 0.262 e. The Balaban J connectivity index is 1.67. The van der Waals surface area contributed by atoms with Crippen molar-refractivity contribution in [3.63, 3.8) is 0 Å². The minimum absolute atomic E-state index is 0.0352. The lowest BCUT2D eigenvalue weighted by atomic mass is 10.1. The fraction of sp³-hybridized carbons (Fsp3) is 0.278. The number of fused-ring (bicyclic) bond motifs is 1. The summed E-state index contributed by atoms with van der Waals surface area (Å²) in [6.07, 6.45) is 1.43. The normalized spacial score (nSPS) is 12.4. The molecule has 1 N–H and O–H groups in total. The minimum atomic E-state index is -0.207. The molecule has 0 fully saturated rings. The lowest BCUT2D eigenvalue weighted by Crippen LogP contribution is -2.37. The van der Waals surface area contributed by atoms with Crippen LogP contribution in [-0.4, -0.2) is 41.0 Å². The van der Waals surface area contributed by atoms with Crippen molar-refractivity contribution >= 4 is 27.5 Å². The van der Waals surface area contributed by atoms with E-state index in [0.717, 1.165) is 5.56 Å². The molecule has 25 heavy (non-hydrogen) atoms. The van der Waals surface area contributed by atoms with Crippen molar-refractivity contribution in [2.24, 2.45) is 0 Å². The Kier molecular flexibility index (Phi) is 5.25. The Morgan fingerprint density at radius 2 is 2.04 bits per heavy atom. The van der Waals surface area contributed by atoms with E-state index < -0.39 is 0 Å². The fourth-order valence-electron chi connectivity index (χ4n) is 2.70. The third kappa shape index (κ3) is 3.94. The second kappa shape index (κ2) is 7.58. The Morgan fingerprint density at radius 3 is 2.76 bits per heavy atom. The highest BCUT2D eigenvalue weighted by Gasteiger charge is 2.15. The maximum absolute atomic E-state index is 12.3. The van der Waals surface area contributed by atoms with Gasteiger partial charge in [0.1, 0.15) is 11.4 Å². The van der Waals surface area contributed by atoms with Gasteiger partial charge >= 0.3 is 0 Å². The zero-order valence-corrected chi connectivity index (χ0v) is 15.0. The summed E-state index contributed by atoms with van der Waals surface area (Å²) in [7, 11) is 3.95. The van der Waals surface area contributed by atoms with Crippen LogP contribution in [0.2, 0.25) is 0 Å². The maximum Gasteiger partial charge on any atom is 0.262 e. The summed E-state index contributed by atoms with van der Waals surface area (Å²) in [6.45, 7) is 0.436. The van der Waals surface area contributed by atoms with Crippen LogP contribution in [0.5, 0.6) is 0 Å². The molecule has 0 saturated carbocycles. The standard InChI is InChI=1S/C18H20N4O2S/c1-21(2)15(13-6-4-3-5-7-13)10-19-16(23)11-22-12-20-17-14(18(22)24)8-9-25-17/h3-9,12,15H,10-11H2,1-2H3,(H,19,23)/t15-/m0/s1. The van der Waals surface area contributed by atoms with Crippen LogP contribution in [0.3, 0.4) is 0 Å². The molecule has 3 rings (SSSR count). The lowest BCUT2D eigenvalue weighted by Gasteiger charge is -2.25. The number of thiophene rings is 1. The quantitative estimate of drug-likeness (QED) is 0.732. The van der Waals surface area contributed by atoms with Gasteiger partial charge in [-0.1, -0.05) is 30.3 Å². The third-order valence-corrected chi connectivity index (χ3v) is 4.89. The first-order valence-electron chi connectivity index (χ1n) is 7.97. The molecule has 0 aliphatic heterocycles. The lowest BCUT2D eigenvalue weighted by molar-refractivity contribution is -0.121. The van der Waals surface area contributed by atoms with Gasteiger partial charge < -0.3 is 10.2 Å². The van der Waals surface area contributed by atoms with Gasteiger partial charge in [-0.15, -0.1) is 11.3 Å². The van der Waals surface area contributed by atoms with Crippen LogP contribution in [0.4, 0.5) is 0 Å². The molecule has 2 aromatic heterocycles. The van der Waals surface area contributed by atoms with E-state index in [1.807, 2.05) is 49.8 Å². The van der Waals surface area contributed by atoms with Crippen molar-refractivity contribution in [2.75, 3.05) is 20.6 Å². The zero-order chi connectivity index (χ0) is 17.8. The summed E-state index contributed by atoms with van der Waals surface area (Å²) in [4.78, 5) is 31.6. The number of aromatic nitrogens is 2. The van der Waals surface area contributed by atoms with Crippen molar-refractivity contribution in [1.82, 2.24) is 19.8 Å². The van der Waals surface area contributed by atoms with E-state index >= 15 is 0 Å². The minimum Gasteiger partial charge on any atom is -0.353 e. The largest absolute Gasteiger partial charge is 0.353 e. The number of carbonyl (C=O) groups excluding carboxylic acids is 1. The number of hydrogen-bond acceptors (Lipinski definition) is 5. The molecule has 0 unspecified atom stereocenters. The monoisotopic (exact) mass is 356 g/mol. The second-order valence-corrected chi connectivity index (χ2v) is 6.91. The third-order valence-electron chi connectivity index (χ3n) is 4.06. The van der Waals surface area contributed by atoms with Crippen molar-refractivity contribution in [1.29, 1.82) is 0 Å². The van der Waals surface area contributed by atoms with E-state index in [9.17, 15) is 9.59 Å². The molecule has 1 aromatic carbocycles. The predicted octanol–water partition coefficient (Wildman–Crippen LogP) is 1.88. The maximum atomic E-state index is 12.3. The van der Waals surface area contributed by atoms with Gasteiger partial charge in [0.2, 0.25) is 5.91 Å². The fourth-order valence-corrected chi connectivity index (χ4v) is 3.42. The van der Waals surface area contributed by atoms with E-state index in [4.69, 9.17) is 0 Å². The highest BCUT2D eigenvalue weighted by molar-refractivity contribution is 7.16. The first-order chi connectivity index (χ1) is 12.1. The first-order valence-corrected chi connectivity index (χ1v) is 8.85. The van der Waals surface area contributed by atoms with Crippen molar-refractivity contribution in [2.45, 2.75) is 12.6 Å². The highest BCUT2D eigenvalue weighted by atomic mass is 32.1. The molecule has 0 radical (unpaired) electrons. The van der Waals surface area contributed by atoms with Crippen LogP contribution in [-0.2, 0) is 11.3 Å². The second-order valence-electron chi connectivity index (χ2n) is 6.01. The molecule has 0 aliphatic carbocycles. The van der Waals surface area contributed by atoms with E-state index in [1.54, 1.807) is 6.07 Å².